The highest BCUT2D eigenvalue weighted by Crippen LogP contribution is 2.28. The quantitative estimate of drug-likeness (QED) is 0.435. The van der Waals surface area contributed by atoms with E-state index in [0.717, 1.165) is 21.8 Å². The minimum absolute atomic E-state index is 0.374. The summed E-state index contributed by atoms with van der Waals surface area (Å²) in [5, 5.41) is 11.1. The molecule has 3 rings (SSSR count). The van der Waals surface area contributed by atoms with Gasteiger partial charge in [0.25, 0.3) is 5.91 Å². The van der Waals surface area contributed by atoms with E-state index in [0.29, 0.717) is 6.54 Å². The van der Waals surface area contributed by atoms with Crippen molar-refractivity contribution in [2.75, 3.05) is 6.54 Å². The van der Waals surface area contributed by atoms with Crippen LogP contribution in [0.5, 0.6) is 0 Å². The van der Waals surface area contributed by atoms with E-state index >= 15 is 0 Å². The number of thiophene rings is 1. The van der Waals surface area contributed by atoms with Crippen LogP contribution in [-0.2, 0) is 14.3 Å². The number of benzene rings is 1. The lowest BCUT2D eigenvalue weighted by Crippen LogP contribution is -2.44. The number of hydrogen-bond donors (Lipinski definition) is 2. The maximum Gasteiger partial charge on any atom is 0.331 e. The zero-order valence-electron chi connectivity index (χ0n) is 17.1. The molecule has 0 fully saturated rings. The van der Waals surface area contributed by atoms with Crippen LogP contribution in [0, 0.1) is 0 Å². The van der Waals surface area contributed by atoms with E-state index < -0.39 is 24.0 Å². The van der Waals surface area contributed by atoms with Gasteiger partial charge in [0, 0.05) is 24.4 Å². The van der Waals surface area contributed by atoms with Crippen LogP contribution in [0.2, 0.25) is 0 Å². The summed E-state index contributed by atoms with van der Waals surface area (Å²) in [6.45, 7) is 3.49. The summed E-state index contributed by atoms with van der Waals surface area (Å²) < 4.78 is 6.83. The van der Waals surface area contributed by atoms with Gasteiger partial charge in [-0.05, 0) is 43.5 Å². The number of amides is 3. The molecule has 2 N–H and O–H groups in total. The molecule has 9 heteroatoms. The number of rotatable bonds is 7. The first-order chi connectivity index (χ1) is 15.0. The third-order valence-corrected chi connectivity index (χ3v) is 5.03. The maximum atomic E-state index is 12.2. The molecule has 0 saturated heterocycles. The summed E-state index contributed by atoms with van der Waals surface area (Å²) in [7, 11) is 0. The number of aromatic nitrogens is 2. The predicted octanol–water partition coefficient (Wildman–Crippen LogP) is 3.39. The number of hydrogen-bond acceptors (Lipinski definition) is 6. The summed E-state index contributed by atoms with van der Waals surface area (Å²) >= 11 is 1.54. The Hall–Kier alpha value is -3.72. The molecule has 1 atom stereocenters. The number of imide groups is 1. The van der Waals surface area contributed by atoms with Crippen molar-refractivity contribution in [2.24, 2.45) is 0 Å². The highest BCUT2D eigenvalue weighted by atomic mass is 32.1. The monoisotopic (exact) mass is 438 g/mol. The van der Waals surface area contributed by atoms with E-state index in [2.05, 4.69) is 15.7 Å². The van der Waals surface area contributed by atoms with Gasteiger partial charge in [-0.2, -0.15) is 5.10 Å². The Morgan fingerprint density at radius 1 is 1.19 bits per heavy atom. The SMILES string of the molecule is CCNC(=O)NC(=O)C(C)OC(=O)C=Cc1cn(-c2ccccc2)nc1-c1cccs1. The largest absolute Gasteiger partial charge is 0.449 e. The lowest BCUT2D eigenvalue weighted by Gasteiger charge is -2.11. The molecular weight excluding hydrogens is 416 g/mol. The zero-order valence-corrected chi connectivity index (χ0v) is 17.9. The molecule has 0 aliphatic rings. The molecule has 0 aliphatic carbocycles. The second kappa shape index (κ2) is 10.4. The van der Waals surface area contributed by atoms with Crippen molar-refractivity contribution in [2.45, 2.75) is 20.0 Å². The topological polar surface area (TPSA) is 102 Å². The zero-order chi connectivity index (χ0) is 22.2. The molecule has 0 saturated carbocycles. The van der Waals surface area contributed by atoms with Crippen molar-refractivity contribution in [1.29, 1.82) is 0 Å². The van der Waals surface area contributed by atoms with Crippen LogP contribution in [0.25, 0.3) is 22.3 Å². The van der Waals surface area contributed by atoms with Gasteiger partial charge in [0.05, 0.1) is 10.6 Å². The Kier molecular flexibility index (Phi) is 7.34. The number of urea groups is 1. The van der Waals surface area contributed by atoms with Crippen LogP contribution >= 0.6 is 11.3 Å². The van der Waals surface area contributed by atoms with Gasteiger partial charge in [-0.1, -0.05) is 24.3 Å². The second-order valence-corrected chi connectivity index (χ2v) is 7.40. The predicted molar refractivity (Wildman–Crippen MR) is 119 cm³/mol. The fourth-order valence-corrected chi connectivity index (χ4v) is 3.40. The van der Waals surface area contributed by atoms with E-state index in [1.54, 1.807) is 29.0 Å². The van der Waals surface area contributed by atoms with E-state index in [1.165, 1.54) is 13.0 Å². The van der Waals surface area contributed by atoms with Crippen molar-refractivity contribution in [3.05, 3.63) is 65.7 Å². The number of ether oxygens (including phenoxy) is 1. The van der Waals surface area contributed by atoms with Crippen LogP contribution in [0.1, 0.15) is 19.4 Å². The summed E-state index contributed by atoms with van der Waals surface area (Å²) in [6, 6.07) is 12.9. The second-order valence-electron chi connectivity index (χ2n) is 6.45. The number of nitrogens with one attached hydrogen (secondary N) is 2. The molecule has 0 bridgehead atoms. The molecule has 8 nitrogen and oxygen atoms in total. The van der Waals surface area contributed by atoms with Gasteiger partial charge in [-0.25, -0.2) is 14.3 Å². The first-order valence-electron chi connectivity index (χ1n) is 9.64. The highest BCUT2D eigenvalue weighted by Gasteiger charge is 2.19. The minimum atomic E-state index is -1.12. The van der Waals surface area contributed by atoms with Gasteiger partial charge in [-0.15, -0.1) is 11.3 Å². The van der Waals surface area contributed by atoms with Gasteiger partial charge >= 0.3 is 12.0 Å². The van der Waals surface area contributed by atoms with Crippen molar-refractivity contribution >= 4 is 35.3 Å². The molecule has 0 spiro atoms. The van der Waals surface area contributed by atoms with Gasteiger partial charge < -0.3 is 10.1 Å². The number of nitrogens with zero attached hydrogens (tertiary/aromatic N) is 2. The maximum absolute atomic E-state index is 12.2. The molecule has 1 aromatic carbocycles. The number of esters is 1. The number of para-hydroxylation sites is 1. The summed E-state index contributed by atoms with van der Waals surface area (Å²) in [5.74, 6) is -1.41. The first kappa shape index (κ1) is 22.0. The highest BCUT2D eigenvalue weighted by molar-refractivity contribution is 7.13. The Labute approximate surface area is 183 Å². The third kappa shape index (κ3) is 5.89. The standard InChI is InChI=1S/C22H22N4O4S/c1-3-23-22(29)24-21(28)15(2)30-19(27)12-11-16-14-26(17-8-5-4-6-9-17)25-20(16)18-10-7-13-31-18/h4-15H,3H2,1-2H3,(H2,23,24,28,29). The fraction of sp³-hybridized carbons (Fsp3) is 0.182. The van der Waals surface area contributed by atoms with E-state index in [4.69, 9.17) is 4.74 Å². The van der Waals surface area contributed by atoms with E-state index in [1.807, 2.05) is 54.0 Å². The Balaban J connectivity index is 1.73. The summed E-state index contributed by atoms with van der Waals surface area (Å²) in [5.41, 5.74) is 2.34. The van der Waals surface area contributed by atoms with Gasteiger partial charge in [-0.3, -0.25) is 10.1 Å². The average molecular weight is 439 g/mol. The third-order valence-electron chi connectivity index (χ3n) is 4.15. The van der Waals surface area contributed by atoms with Crippen LogP contribution < -0.4 is 10.6 Å². The normalized spacial score (nSPS) is 11.8. The molecule has 1 unspecified atom stereocenters. The molecule has 3 amide bonds. The average Bonchev–Trinajstić information content (AvgIpc) is 3.42. The molecule has 3 aromatic rings. The van der Waals surface area contributed by atoms with Crippen LogP contribution in [0.4, 0.5) is 4.79 Å². The first-order valence-corrected chi connectivity index (χ1v) is 10.5. The summed E-state index contributed by atoms with van der Waals surface area (Å²) in [4.78, 5) is 36.5. The van der Waals surface area contributed by atoms with Crippen molar-refractivity contribution < 1.29 is 19.1 Å². The van der Waals surface area contributed by atoms with Crippen LogP contribution in [0.15, 0.2) is 60.1 Å². The molecule has 0 aliphatic heterocycles. The van der Waals surface area contributed by atoms with Crippen molar-refractivity contribution in [1.82, 2.24) is 20.4 Å². The van der Waals surface area contributed by atoms with E-state index in [9.17, 15) is 14.4 Å². The number of carbonyl (C=O) groups is 3. The van der Waals surface area contributed by atoms with E-state index in [-0.39, 0.29) is 0 Å². The van der Waals surface area contributed by atoms with Gasteiger partial charge in [0.15, 0.2) is 6.10 Å². The van der Waals surface area contributed by atoms with Crippen LogP contribution in [-0.4, -0.2) is 40.3 Å². The summed E-state index contributed by atoms with van der Waals surface area (Å²) in [6.07, 6.45) is 3.53. The smallest absolute Gasteiger partial charge is 0.331 e. The van der Waals surface area contributed by atoms with Gasteiger partial charge in [0.1, 0.15) is 5.69 Å². The fourth-order valence-electron chi connectivity index (χ4n) is 2.67. The minimum Gasteiger partial charge on any atom is -0.449 e. The molecule has 2 aromatic heterocycles. The molecule has 0 radical (unpaired) electrons. The molecule has 2 heterocycles. The Bertz CT molecular complexity index is 1070. The molecule has 31 heavy (non-hydrogen) atoms. The van der Waals surface area contributed by atoms with Gasteiger partial charge in [0.2, 0.25) is 0 Å². The lowest BCUT2D eigenvalue weighted by atomic mass is 10.2. The number of carbonyl (C=O) groups excluding carboxylic acids is 3. The van der Waals surface area contributed by atoms with Crippen molar-refractivity contribution in [3.63, 3.8) is 0 Å². The molecule has 160 valence electrons. The van der Waals surface area contributed by atoms with Crippen molar-refractivity contribution in [3.8, 4) is 16.3 Å². The molecular formula is C22H22N4O4S. The lowest BCUT2D eigenvalue weighted by molar-refractivity contribution is -0.149. The Morgan fingerprint density at radius 3 is 2.65 bits per heavy atom. The Morgan fingerprint density at radius 2 is 1.97 bits per heavy atom. The van der Waals surface area contributed by atoms with Crippen LogP contribution in [0.3, 0.4) is 0 Å².